The molecule has 2 fully saturated rings. The zero-order valence-corrected chi connectivity index (χ0v) is 14.1. The van der Waals surface area contributed by atoms with Gasteiger partial charge in [0.25, 0.3) is 5.69 Å². The quantitative estimate of drug-likeness (QED) is 0.629. The van der Waals surface area contributed by atoms with E-state index in [2.05, 4.69) is 21.2 Å². The van der Waals surface area contributed by atoms with E-state index in [0.29, 0.717) is 6.54 Å². The Hall–Kier alpha value is -1.03. The summed E-state index contributed by atoms with van der Waals surface area (Å²) in [7, 11) is -3.65. The Morgan fingerprint density at radius 2 is 2.00 bits per heavy atom. The number of nitro benzene ring substituents is 1. The van der Waals surface area contributed by atoms with Crippen molar-refractivity contribution >= 4 is 31.6 Å². The number of sulfonamides is 1. The van der Waals surface area contributed by atoms with Crippen molar-refractivity contribution in [3.63, 3.8) is 0 Å². The standard InChI is InChI=1S/C13H16BrN3O4S/c14-12-7-11(3-4-13(12)17(18)19)22(20,21)16-9-1-2-10(16)8-15-6-5-9/h3-4,7,9-10,15H,1-2,5-6,8H2. The van der Waals surface area contributed by atoms with E-state index in [0.717, 1.165) is 25.8 Å². The maximum absolute atomic E-state index is 12.9. The highest BCUT2D eigenvalue weighted by Crippen LogP contribution is 2.35. The molecule has 0 saturated carbocycles. The van der Waals surface area contributed by atoms with Gasteiger partial charge in [-0.2, -0.15) is 4.31 Å². The van der Waals surface area contributed by atoms with Crippen LogP contribution in [0.2, 0.25) is 0 Å². The van der Waals surface area contributed by atoms with Crippen LogP contribution in [0.1, 0.15) is 19.3 Å². The van der Waals surface area contributed by atoms with Gasteiger partial charge in [-0.25, -0.2) is 8.42 Å². The van der Waals surface area contributed by atoms with Crippen molar-refractivity contribution in [1.82, 2.24) is 9.62 Å². The molecule has 0 spiro atoms. The second-order valence-corrected chi connectivity index (χ2v) is 8.28. The molecular weight excluding hydrogens is 374 g/mol. The van der Waals surface area contributed by atoms with Crippen LogP contribution in [-0.2, 0) is 10.0 Å². The molecule has 3 rings (SSSR count). The van der Waals surface area contributed by atoms with Gasteiger partial charge in [0.05, 0.1) is 14.3 Å². The van der Waals surface area contributed by atoms with Crippen LogP contribution < -0.4 is 5.32 Å². The molecule has 2 saturated heterocycles. The Balaban J connectivity index is 1.99. The fourth-order valence-corrected chi connectivity index (χ4v) is 5.85. The van der Waals surface area contributed by atoms with Gasteiger partial charge in [0, 0.05) is 24.7 Å². The number of hydrogen-bond donors (Lipinski definition) is 1. The van der Waals surface area contributed by atoms with Crippen LogP contribution in [0.5, 0.6) is 0 Å². The highest BCUT2D eigenvalue weighted by Gasteiger charge is 2.43. The van der Waals surface area contributed by atoms with Crippen LogP contribution in [0.25, 0.3) is 0 Å². The molecule has 22 heavy (non-hydrogen) atoms. The van der Waals surface area contributed by atoms with Gasteiger partial charge in [-0.1, -0.05) is 0 Å². The second-order valence-electron chi connectivity index (χ2n) is 5.58. The maximum Gasteiger partial charge on any atom is 0.283 e. The lowest BCUT2D eigenvalue weighted by Gasteiger charge is -2.26. The number of nitrogens with one attached hydrogen (secondary N) is 1. The van der Waals surface area contributed by atoms with E-state index in [4.69, 9.17) is 0 Å². The predicted molar refractivity (Wildman–Crippen MR) is 84.1 cm³/mol. The van der Waals surface area contributed by atoms with Crippen molar-refractivity contribution in [2.75, 3.05) is 13.1 Å². The number of nitrogens with zero attached hydrogens (tertiary/aromatic N) is 2. The van der Waals surface area contributed by atoms with Gasteiger partial charge in [-0.05, 0) is 53.9 Å². The van der Waals surface area contributed by atoms with Gasteiger partial charge in [0.2, 0.25) is 10.0 Å². The maximum atomic E-state index is 12.9. The zero-order valence-electron chi connectivity index (χ0n) is 11.7. The SMILES string of the molecule is O=[N+]([O-])c1ccc(S(=O)(=O)N2C3CCNCC2CC3)cc1Br. The van der Waals surface area contributed by atoms with Crippen LogP contribution >= 0.6 is 15.9 Å². The van der Waals surface area contributed by atoms with Crippen LogP contribution in [0.4, 0.5) is 5.69 Å². The summed E-state index contributed by atoms with van der Waals surface area (Å²) in [5.74, 6) is 0. The zero-order chi connectivity index (χ0) is 15.9. The van der Waals surface area contributed by atoms with Crippen LogP contribution in [0.3, 0.4) is 0 Å². The molecule has 1 aromatic carbocycles. The number of nitro groups is 1. The monoisotopic (exact) mass is 389 g/mol. The first kappa shape index (κ1) is 15.9. The molecular formula is C13H16BrN3O4S. The third-order valence-corrected chi connectivity index (χ3v) is 6.91. The van der Waals surface area contributed by atoms with Crippen LogP contribution in [0.15, 0.2) is 27.6 Å². The summed E-state index contributed by atoms with van der Waals surface area (Å²) in [5, 5.41) is 14.1. The summed E-state index contributed by atoms with van der Waals surface area (Å²) >= 11 is 3.09. The van der Waals surface area contributed by atoms with Crippen LogP contribution in [-0.4, -0.2) is 42.8 Å². The fourth-order valence-electron chi connectivity index (χ4n) is 3.25. The van der Waals surface area contributed by atoms with Gasteiger partial charge in [0.15, 0.2) is 0 Å². The largest absolute Gasteiger partial charge is 0.315 e. The smallest absolute Gasteiger partial charge is 0.283 e. The Kier molecular flexibility index (Phi) is 4.23. The molecule has 2 aliphatic rings. The summed E-state index contributed by atoms with van der Waals surface area (Å²) in [6, 6.07) is 3.85. The molecule has 0 aliphatic carbocycles. The topological polar surface area (TPSA) is 92.5 Å². The average molecular weight is 390 g/mol. The van der Waals surface area contributed by atoms with E-state index in [1.807, 2.05) is 0 Å². The molecule has 2 aliphatic heterocycles. The van der Waals surface area contributed by atoms with E-state index < -0.39 is 14.9 Å². The summed E-state index contributed by atoms with van der Waals surface area (Å²) < 4.78 is 27.7. The van der Waals surface area contributed by atoms with Crippen molar-refractivity contribution in [3.8, 4) is 0 Å². The number of rotatable bonds is 3. The van der Waals surface area contributed by atoms with Crippen LogP contribution in [0, 0.1) is 10.1 Å². The van der Waals surface area contributed by atoms with Crippen molar-refractivity contribution in [3.05, 3.63) is 32.8 Å². The minimum absolute atomic E-state index is 0.0129. The third-order valence-electron chi connectivity index (χ3n) is 4.28. The van der Waals surface area contributed by atoms with Crippen molar-refractivity contribution < 1.29 is 13.3 Å². The molecule has 0 amide bonds. The van der Waals surface area contributed by atoms with Gasteiger partial charge in [-0.15, -0.1) is 0 Å². The van der Waals surface area contributed by atoms with E-state index >= 15 is 0 Å². The lowest BCUT2D eigenvalue weighted by Crippen LogP contribution is -2.42. The van der Waals surface area contributed by atoms with E-state index in [1.54, 1.807) is 4.31 Å². The summed E-state index contributed by atoms with van der Waals surface area (Å²) in [6.45, 7) is 1.47. The highest BCUT2D eigenvalue weighted by molar-refractivity contribution is 9.10. The predicted octanol–water partition coefficient (Wildman–Crippen LogP) is 1.87. The number of fused-ring (bicyclic) bond motifs is 2. The van der Waals surface area contributed by atoms with Crippen molar-refractivity contribution in [2.45, 2.75) is 36.2 Å². The molecule has 2 atom stereocenters. The Morgan fingerprint density at radius 1 is 1.27 bits per heavy atom. The molecule has 0 radical (unpaired) electrons. The van der Waals surface area contributed by atoms with E-state index in [1.165, 1.54) is 18.2 Å². The first-order valence-electron chi connectivity index (χ1n) is 7.09. The minimum Gasteiger partial charge on any atom is -0.315 e. The number of benzene rings is 1. The van der Waals surface area contributed by atoms with Gasteiger partial charge < -0.3 is 5.32 Å². The second kappa shape index (κ2) is 5.88. The fraction of sp³-hybridized carbons (Fsp3) is 0.538. The summed E-state index contributed by atoms with van der Waals surface area (Å²) in [6.07, 6.45) is 2.52. The Morgan fingerprint density at radius 3 is 2.68 bits per heavy atom. The molecule has 9 heteroatoms. The Labute approximate surface area is 137 Å². The molecule has 2 bridgehead atoms. The normalized spacial score (nSPS) is 25.9. The molecule has 0 aromatic heterocycles. The minimum atomic E-state index is -3.65. The lowest BCUT2D eigenvalue weighted by atomic mass is 10.1. The van der Waals surface area contributed by atoms with Crippen molar-refractivity contribution in [1.29, 1.82) is 0 Å². The number of hydrogen-bond acceptors (Lipinski definition) is 5. The van der Waals surface area contributed by atoms with Crippen molar-refractivity contribution in [2.24, 2.45) is 0 Å². The van der Waals surface area contributed by atoms with E-state index in [-0.39, 0.29) is 27.1 Å². The van der Waals surface area contributed by atoms with Gasteiger partial charge >= 0.3 is 0 Å². The van der Waals surface area contributed by atoms with Gasteiger partial charge in [0.1, 0.15) is 0 Å². The first-order chi connectivity index (χ1) is 10.4. The molecule has 1 N–H and O–H groups in total. The molecule has 120 valence electrons. The molecule has 7 nitrogen and oxygen atoms in total. The van der Waals surface area contributed by atoms with Gasteiger partial charge in [-0.3, -0.25) is 10.1 Å². The summed E-state index contributed by atoms with van der Waals surface area (Å²) in [4.78, 5) is 10.4. The number of halogens is 1. The third kappa shape index (κ3) is 2.66. The highest BCUT2D eigenvalue weighted by atomic mass is 79.9. The Bertz CT molecular complexity index is 695. The van der Waals surface area contributed by atoms with E-state index in [9.17, 15) is 18.5 Å². The molecule has 1 aromatic rings. The average Bonchev–Trinajstić information content (AvgIpc) is 2.72. The molecule has 2 heterocycles. The lowest BCUT2D eigenvalue weighted by molar-refractivity contribution is -0.385. The molecule has 2 unspecified atom stereocenters. The first-order valence-corrected chi connectivity index (χ1v) is 9.33. The summed E-state index contributed by atoms with van der Waals surface area (Å²) in [5.41, 5.74) is -0.139.